The summed E-state index contributed by atoms with van der Waals surface area (Å²) < 4.78 is 0. The van der Waals surface area contributed by atoms with Crippen LogP contribution in [-0.2, 0) is 9.59 Å². The number of nitrogens with zero attached hydrogens (tertiary/aromatic N) is 2. The van der Waals surface area contributed by atoms with E-state index < -0.39 is 9.85 Å². The van der Waals surface area contributed by atoms with Crippen molar-refractivity contribution in [3.63, 3.8) is 0 Å². The lowest BCUT2D eigenvalue weighted by Crippen LogP contribution is -2.11. The lowest BCUT2D eigenvalue weighted by Gasteiger charge is -2.06. The predicted octanol–water partition coefficient (Wildman–Crippen LogP) is 4.81. The molecule has 0 radical (unpaired) electrons. The number of hydrogen-bond donors (Lipinski definition) is 2. The minimum Gasteiger partial charge on any atom is -0.326 e. The number of carbonyl (C=O) groups excluding carboxylic acids is 2. The summed E-state index contributed by atoms with van der Waals surface area (Å²) in [4.78, 5) is 44.3. The van der Waals surface area contributed by atoms with E-state index in [2.05, 4.69) is 10.6 Å². The number of benzene rings is 2. The number of hydrogen-bond acceptors (Lipinski definition) is 6. The Bertz CT molecular complexity index is 871. The second kappa shape index (κ2) is 12.0. The first-order chi connectivity index (χ1) is 14.8. The van der Waals surface area contributed by atoms with Gasteiger partial charge in [0.05, 0.1) is 9.85 Å². The molecule has 2 N–H and O–H groups in total. The molecule has 10 nitrogen and oxygen atoms in total. The number of carbonyl (C=O) groups is 2. The summed E-state index contributed by atoms with van der Waals surface area (Å²) in [5.41, 5.74) is 0.641. The SMILES string of the molecule is O=C(CCCCCCCC(=O)Nc1cccc([N+](=O)[O-])c1)Nc1cccc([N+](=O)[O-])c1. The maximum absolute atomic E-state index is 11.9. The number of amides is 2. The molecule has 2 aromatic carbocycles. The van der Waals surface area contributed by atoms with Crippen LogP contribution in [0.4, 0.5) is 22.7 Å². The summed E-state index contributed by atoms with van der Waals surface area (Å²) in [5, 5.41) is 26.8. The van der Waals surface area contributed by atoms with Gasteiger partial charge in [0, 0.05) is 48.5 Å². The smallest absolute Gasteiger partial charge is 0.271 e. The Morgan fingerprint density at radius 3 is 1.45 bits per heavy atom. The Kier molecular flexibility index (Phi) is 9.09. The monoisotopic (exact) mass is 428 g/mol. The highest BCUT2D eigenvalue weighted by atomic mass is 16.6. The van der Waals surface area contributed by atoms with E-state index in [9.17, 15) is 29.8 Å². The summed E-state index contributed by atoms with van der Waals surface area (Å²) in [7, 11) is 0. The average Bonchev–Trinajstić information content (AvgIpc) is 2.73. The van der Waals surface area contributed by atoms with Crippen LogP contribution in [-0.4, -0.2) is 21.7 Å². The van der Waals surface area contributed by atoms with Crippen molar-refractivity contribution < 1.29 is 19.4 Å². The molecule has 0 spiro atoms. The molecule has 0 saturated heterocycles. The van der Waals surface area contributed by atoms with E-state index in [1.54, 1.807) is 12.1 Å². The normalized spacial score (nSPS) is 10.3. The fourth-order valence-corrected chi connectivity index (χ4v) is 2.94. The topological polar surface area (TPSA) is 144 Å². The van der Waals surface area contributed by atoms with Gasteiger partial charge in [0.15, 0.2) is 0 Å². The highest BCUT2D eigenvalue weighted by Crippen LogP contribution is 2.19. The maximum atomic E-state index is 11.9. The second-order valence-corrected chi connectivity index (χ2v) is 6.98. The van der Waals surface area contributed by atoms with Crippen LogP contribution in [0.5, 0.6) is 0 Å². The van der Waals surface area contributed by atoms with Crippen molar-refractivity contribution in [3.05, 3.63) is 68.8 Å². The molecule has 0 aliphatic carbocycles. The zero-order chi connectivity index (χ0) is 22.6. The summed E-state index contributed by atoms with van der Waals surface area (Å²) in [5.74, 6) is -0.395. The predicted molar refractivity (Wildman–Crippen MR) is 116 cm³/mol. The Morgan fingerprint density at radius 2 is 1.06 bits per heavy atom. The third-order valence-electron chi connectivity index (χ3n) is 4.49. The first kappa shape index (κ1) is 23.5. The molecule has 10 heteroatoms. The van der Waals surface area contributed by atoms with Crippen LogP contribution < -0.4 is 10.6 Å². The molecule has 31 heavy (non-hydrogen) atoms. The molecule has 2 aromatic rings. The van der Waals surface area contributed by atoms with E-state index in [4.69, 9.17) is 0 Å². The van der Waals surface area contributed by atoms with E-state index in [-0.39, 0.29) is 23.2 Å². The molecule has 0 atom stereocenters. The standard InChI is InChI=1S/C21H24N4O6/c26-20(22-16-8-6-10-18(14-16)24(28)29)12-4-2-1-3-5-13-21(27)23-17-9-7-11-19(15-17)25(30)31/h6-11,14-15H,1-5,12-13H2,(H,22,26)(H,23,27). The minimum absolute atomic E-state index is 0.0766. The van der Waals surface area contributed by atoms with Gasteiger partial charge in [0.25, 0.3) is 11.4 Å². The molecule has 2 rings (SSSR count). The third kappa shape index (κ3) is 8.60. The number of unbranched alkanes of at least 4 members (excludes halogenated alkanes) is 4. The largest absolute Gasteiger partial charge is 0.326 e. The van der Waals surface area contributed by atoms with Crippen molar-refractivity contribution in [2.45, 2.75) is 44.9 Å². The van der Waals surface area contributed by atoms with E-state index in [1.807, 2.05) is 0 Å². The number of nitro benzene ring substituents is 2. The average molecular weight is 428 g/mol. The van der Waals surface area contributed by atoms with Crippen molar-refractivity contribution in [2.75, 3.05) is 10.6 Å². The van der Waals surface area contributed by atoms with E-state index in [0.717, 1.165) is 19.3 Å². The van der Waals surface area contributed by atoms with Gasteiger partial charge in [-0.05, 0) is 25.0 Å². The zero-order valence-corrected chi connectivity index (χ0v) is 16.9. The quantitative estimate of drug-likeness (QED) is 0.282. The molecule has 0 aliphatic heterocycles. The third-order valence-corrected chi connectivity index (χ3v) is 4.49. The molecule has 0 aliphatic rings. The Balaban J connectivity index is 1.57. The van der Waals surface area contributed by atoms with Crippen LogP contribution in [0.25, 0.3) is 0 Å². The van der Waals surface area contributed by atoms with E-state index >= 15 is 0 Å². The van der Waals surface area contributed by atoms with Gasteiger partial charge in [-0.3, -0.25) is 29.8 Å². The molecule has 0 heterocycles. The van der Waals surface area contributed by atoms with Gasteiger partial charge in [-0.2, -0.15) is 0 Å². The summed E-state index contributed by atoms with van der Waals surface area (Å²) in [6.07, 6.45) is 4.52. The Labute approximate surface area is 179 Å². The highest BCUT2D eigenvalue weighted by Gasteiger charge is 2.09. The Hall–Kier alpha value is -3.82. The van der Waals surface area contributed by atoms with Gasteiger partial charge in [-0.1, -0.05) is 31.4 Å². The number of rotatable bonds is 12. The summed E-state index contributed by atoms with van der Waals surface area (Å²) >= 11 is 0. The van der Waals surface area contributed by atoms with Crippen molar-refractivity contribution in [2.24, 2.45) is 0 Å². The molecular weight excluding hydrogens is 404 g/mol. The molecular formula is C21H24N4O6. The molecule has 0 unspecified atom stereocenters. The maximum Gasteiger partial charge on any atom is 0.271 e. The van der Waals surface area contributed by atoms with E-state index in [0.29, 0.717) is 37.1 Å². The number of non-ortho nitro benzene ring substituents is 2. The minimum atomic E-state index is -0.514. The number of nitro groups is 2. The summed E-state index contributed by atoms with van der Waals surface area (Å²) in [6, 6.07) is 11.6. The van der Waals surface area contributed by atoms with Gasteiger partial charge >= 0.3 is 0 Å². The van der Waals surface area contributed by atoms with Gasteiger partial charge < -0.3 is 10.6 Å². The fourth-order valence-electron chi connectivity index (χ4n) is 2.94. The van der Waals surface area contributed by atoms with Crippen molar-refractivity contribution in [3.8, 4) is 0 Å². The molecule has 164 valence electrons. The van der Waals surface area contributed by atoms with Crippen LogP contribution in [0.15, 0.2) is 48.5 Å². The van der Waals surface area contributed by atoms with Crippen LogP contribution >= 0.6 is 0 Å². The van der Waals surface area contributed by atoms with Crippen LogP contribution in [0.1, 0.15) is 44.9 Å². The summed E-state index contributed by atoms with van der Waals surface area (Å²) in [6.45, 7) is 0. The first-order valence-electron chi connectivity index (χ1n) is 9.94. The molecule has 2 amide bonds. The molecule has 0 saturated carbocycles. The second-order valence-electron chi connectivity index (χ2n) is 6.98. The molecule has 0 bridgehead atoms. The van der Waals surface area contributed by atoms with Crippen LogP contribution in [0, 0.1) is 20.2 Å². The van der Waals surface area contributed by atoms with Gasteiger partial charge in [-0.25, -0.2) is 0 Å². The van der Waals surface area contributed by atoms with Crippen molar-refractivity contribution in [1.29, 1.82) is 0 Å². The van der Waals surface area contributed by atoms with Gasteiger partial charge in [0.1, 0.15) is 0 Å². The van der Waals surface area contributed by atoms with Crippen LogP contribution in [0.3, 0.4) is 0 Å². The zero-order valence-electron chi connectivity index (χ0n) is 16.9. The van der Waals surface area contributed by atoms with Gasteiger partial charge in [-0.15, -0.1) is 0 Å². The number of nitrogens with one attached hydrogen (secondary N) is 2. The van der Waals surface area contributed by atoms with Crippen LogP contribution in [0.2, 0.25) is 0 Å². The highest BCUT2D eigenvalue weighted by molar-refractivity contribution is 5.91. The molecule has 0 aromatic heterocycles. The first-order valence-corrected chi connectivity index (χ1v) is 9.94. The fraction of sp³-hybridized carbons (Fsp3) is 0.333. The van der Waals surface area contributed by atoms with Crippen molar-refractivity contribution in [1.82, 2.24) is 0 Å². The van der Waals surface area contributed by atoms with Gasteiger partial charge in [0.2, 0.25) is 11.8 Å². The molecule has 0 fully saturated rings. The lowest BCUT2D eigenvalue weighted by atomic mass is 10.1. The number of anilines is 2. The van der Waals surface area contributed by atoms with E-state index in [1.165, 1.54) is 36.4 Å². The van der Waals surface area contributed by atoms with Crippen molar-refractivity contribution >= 4 is 34.6 Å². The lowest BCUT2D eigenvalue weighted by molar-refractivity contribution is -0.385. The Morgan fingerprint density at radius 1 is 0.677 bits per heavy atom.